The minimum Gasteiger partial charge on any atom is -0.491 e. The first-order valence-electron chi connectivity index (χ1n) is 8.22. The van der Waals surface area contributed by atoms with Crippen molar-refractivity contribution in [3.63, 3.8) is 0 Å². The summed E-state index contributed by atoms with van der Waals surface area (Å²) in [7, 11) is 0. The van der Waals surface area contributed by atoms with Crippen molar-refractivity contribution in [3.05, 3.63) is 29.6 Å². The molecule has 0 saturated carbocycles. The first-order valence-corrected chi connectivity index (χ1v) is 8.22. The maximum Gasteiger partial charge on any atom is 0.317 e. The summed E-state index contributed by atoms with van der Waals surface area (Å²) >= 11 is 0. The molecule has 1 saturated heterocycles. The fraction of sp³-hybridized carbons (Fsp3) is 0.529. The first-order chi connectivity index (χ1) is 11.5. The molecule has 0 bridgehead atoms. The van der Waals surface area contributed by atoms with Gasteiger partial charge in [0, 0.05) is 26.1 Å². The molecule has 1 aromatic rings. The van der Waals surface area contributed by atoms with Crippen LogP contribution in [0.2, 0.25) is 0 Å². The summed E-state index contributed by atoms with van der Waals surface area (Å²) in [6, 6.07) is 4.48. The lowest BCUT2D eigenvalue weighted by Gasteiger charge is -2.31. The Morgan fingerprint density at radius 1 is 1.38 bits per heavy atom. The zero-order valence-electron chi connectivity index (χ0n) is 13.9. The van der Waals surface area contributed by atoms with Crippen molar-refractivity contribution >= 4 is 11.9 Å². The highest BCUT2D eigenvalue weighted by Gasteiger charge is 2.23. The van der Waals surface area contributed by atoms with Gasteiger partial charge in [-0.1, -0.05) is 6.07 Å². The van der Waals surface area contributed by atoms with Crippen LogP contribution in [-0.4, -0.2) is 36.5 Å². The largest absolute Gasteiger partial charge is 0.491 e. The topological polar surface area (TPSA) is 84.7 Å². The number of hydrogen-bond donors (Lipinski definition) is 2. The van der Waals surface area contributed by atoms with Crippen LogP contribution in [0.25, 0.3) is 0 Å². The van der Waals surface area contributed by atoms with Gasteiger partial charge in [0.25, 0.3) is 0 Å². The molecule has 0 radical (unpaired) electrons. The number of nitrogens with one attached hydrogen (secondary N) is 1. The summed E-state index contributed by atoms with van der Waals surface area (Å²) in [5.41, 5.74) is 5.87. The van der Waals surface area contributed by atoms with Crippen molar-refractivity contribution in [2.75, 3.05) is 19.7 Å². The Labute approximate surface area is 141 Å². The number of likely N-dealkylation sites (tertiary alicyclic amines) is 1. The number of hydrogen-bond acceptors (Lipinski definition) is 3. The van der Waals surface area contributed by atoms with Crippen LogP contribution in [-0.2, 0) is 11.3 Å². The second kappa shape index (κ2) is 8.52. The Bertz CT molecular complexity index is 586. The van der Waals surface area contributed by atoms with Gasteiger partial charge in [-0.2, -0.15) is 0 Å². The molecule has 1 fully saturated rings. The van der Waals surface area contributed by atoms with Gasteiger partial charge in [0.15, 0.2) is 11.6 Å². The number of urea groups is 1. The highest BCUT2D eigenvalue weighted by atomic mass is 19.1. The smallest absolute Gasteiger partial charge is 0.317 e. The van der Waals surface area contributed by atoms with Gasteiger partial charge in [-0.3, -0.25) is 4.79 Å². The molecule has 1 aliphatic heterocycles. The Balaban J connectivity index is 1.79. The molecule has 0 atom stereocenters. The predicted octanol–water partition coefficient (Wildman–Crippen LogP) is 2.02. The number of nitrogens with two attached hydrogens (primary N) is 1. The van der Waals surface area contributed by atoms with E-state index in [-0.39, 0.29) is 30.2 Å². The van der Waals surface area contributed by atoms with E-state index in [0.717, 1.165) is 12.8 Å². The summed E-state index contributed by atoms with van der Waals surface area (Å²) in [6.45, 7) is 3.64. The summed E-state index contributed by atoms with van der Waals surface area (Å²) in [5, 5.41) is 2.79. The Hall–Kier alpha value is -2.31. The molecule has 0 aromatic heterocycles. The Kier molecular flexibility index (Phi) is 6.40. The zero-order valence-corrected chi connectivity index (χ0v) is 13.9. The van der Waals surface area contributed by atoms with E-state index in [4.69, 9.17) is 10.5 Å². The third-order valence-corrected chi connectivity index (χ3v) is 4.13. The van der Waals surface area contributed by atoms with Crippen molar-refractivity contribution in [1.29, 1.82) is 0 Å². The lowest BCUT2D eigenvalue weighted by atomic mass is 9.93. The maximum atomic E-state index is 13.8. The Morgan fingerprint density at radius 3 is 2.67 bits per heavy atom. The number of halogens is 1. The monoisotopic (exact) mass is 337 g/mol. The molecule has 1 aliphatic rings. The van der Waals surface area contributed by atoms with Gasteiger partial charge in [-0.25, -0.2) is 9.18 Å². The minimum absolute atomic E-state index is 0.179. The van der Waals surface area contributed by atoms with Crippen LogP contribution in [0.15, 0.2) is 18.2 Å². The number of ether oxygens (including phenoxy) is 1. The van der Waals surface area contributed by atoms with Crippen molar-refractivity contribution < 1.29 is 18.7 Å². The quantitative estimate of drug-likeness (QED) is 0.833. The number of benzene rings is 1. The molecular weight excluding hydrogens is 313 g/mol. The van der Waals surface area contributed by atoms with Crippen molar-refractivity contribution in [2.45, 2.75) is 32.7 Å². The molecule has 0 aliphatic carbocycles. The third-order valence-electron chi connectivity index (χ3n) is 4.13. The lowest BCUT2D eigenvalue weighted by Crippen LogP contribution is -2.44. The van der Waals surface area contributed by atoms with E-state index in [1.807, 2.05) is 0 Å². The normalized spacial score (nSPS) is 15.2. The number of carbonyl (C=O) groups excluding carboxylic acids is 2. The number of primary amides is 1. The van der Waals surface area contributed by atoms with Crippen LogP contribution in [0, 0.1) is 11.7 Å². The van der Waals surface area contributed by atoms with Crippen LogP contribution in [0.4, 0.5) is 9.18 Å². The van der Waals surface area contributed by atoms with E-state index >= 15 is 0 Å². The summed E-state index contributed by atoms with van der Waals surface area (Å²) < 4.78 is 18.9. The number of piperidine rings is 1. The van der Waals surface area contributed by atoms with Gasteiger partial charge in [0.1, 0.15) is 0 Å². The SMILES string of the molecule is CCOc1ccc(CNC(=O)N2CCC(CC(N)=O)CC2)cc1F. The zero-order chi connectivity index (χ0) is 17.5. The molecule has 3 N–H and O–H groups in total. The lowest BCUT2D eigenvalue weighted by molar-refractivity contribution is -0.119. The van der Waals surface area contributed by atoms with Gasteiger partial charge >= 0.3 is 6.03 Å². The second-order valence-electron chi connectivity index (χ2n) is 5.96. The summed E-state index contributed by atoms with van der Waals surface area (Å²) in [6.07, 6.45) is 1.92. The van der Waals surface area contributed by atoms with Crippen LogP contribution < -0.4 is 15.8 Å². The van der Waals surface area contributed by atoms with Crippen LogP contribution >= 0.6 is 0 Å². The number of nitrogens with zero attached hydrogens (tertiary/aromatic N) is 1. The fourth-order valence-corrected chi connectivity index (χ4v) is 2.84. The highest BCUT2D eigenvalue weighted by molar-refractivity contribution is 5.75. The average Bonchev–Trinajstić information content (AvgIpc) is 2.55. The molecule has 0 unspecified atom stereocenters. The standard InChI is InChI=1S/C17H24FN3O3/c1-2-24-15-4-3-13(9-14(15)18)11-20-17(23)21-7-5-12(6-8-21)10-16(19)22/h3-4,9,12H,2,5-8,10-11H2,1H3,(H2,19,22)(H,20,23). The fourth-order valence-electron chi connectivity index (χ4n) is 2.84. The van der Waals surface area contributed by atoms with E-state index in [1.54, 1.807) is 24.0 Å². The number of rotatable bonds is 6. The minimum atomic E-state index is -0.434. The summed E-state index contributed by atoms with van der Waals surface area (Å²) in [5.74, 6) is -0.262. The molecule has 2 rings (SSSR count). The van der Waals surface area contributed by atoms with Crippen LogP contribution in [0.1, 0.15) is 31.7 Å². The van der Waals surface area contributed by atoms with E-state index in [9.17, 15) is 14.0 Å². The van der Waals surface area contributed by atoms with Gasteiger partial charge in [0.05, 0.1) is 6.61 Å². The predicted molar refractivity (Wildman–Crippen MR) is 87.9 cm³/mol. The number of amides is 3. The molecule has 0 spiro atoms. The van der Waals surface area contributed by atoms with Crippen molar-refractivity contribution in [3.8, 4) is 5.75 Å². The van der Waals surface area contributed by atoms with Crippen LogP contribution in [0.5, 0.6) is 5.75 Å². The van der Waals surface area contributed by atoms with Gasteiger partial charge < -0.3 is 20.7 Å². The molecule has 1 heterocycles. The molecule has 3 amide bonds. The highest BCUT2D eigenvalue weighted by Crippen LogP contribution is 2.21. The molecule has 132 valence electrons. The van der Waals surface area contributed by atoms with Gasteiger partial charge in [-0.05, 0) is 43.4 Å². The van der Waals surface area contributed by atoms with E-state index in [0.29, 0.717) is 31.7 Å². The maximum absolute atomic E-state index is 13.8. The molecule has 6 nitrogen and oxygen atoms in total. The second-order valence-corrected chi connectivity index (χ2v) is 5.96. The van der Waals surface area contributed by atoms with Gasteiger partial charge in [-0.15, -0.1) is 0 Å². The van der Waals surface area contributed by atoms with E-state index < -0.39 is 5.82 Å². The van der Waals surface area contributed by atoms with Crippen LogP contribution in [0.3, 0.4) is 0 Å². The number of carbonyl (C=O) groups is 2. The molecule has 7 heteroatoms. The van der Waals surface area contributed by atoms with Crippen molar-refractivity contribution in [1.82, 2.24) is 10.2 Å². The van der Waals surface area contributed by atoms with Crippen molar-refractivity contribution in [2.24, 2.45) is 11.7 Å². The Morgan fingerprint density at radius 2 is 2.08 bits per heavy atom. The molecule has 24 heavy (non-hydrogen) atoms. The first kappa shape index (κ1) is 18.0. The molecular formula is C17H24FN3O3. The third kappa shape index (κ3) is 5.11. The van der Waals surface area contributed by atoms with E-state index in [2.05, 4.69) is 5.32 Å². The summed E-state index contributed by atoms with van der Waals surface area (Å²) in [4.78, 5) is 24.8. The van der Waals surface area contributed by atoms with E-state index in [1.165, 1.54) is 6.07 Å². The molecule has 1 aromatic carbocycles. The average molecular weight is 337 g/mol. The van der Waals surface area contributed by atoms with Gasteiger partial charge in [0.2, 0.25) is 5.91 Å².